The van der Waals surface area contributed by atoms with Gasteiger partial charge in [-0.25, -0.2) is 8.42 Å². The number of phenolic OH excluding ortho intramolecular Hbond substituents is 1. The minimum Gasteiger partial charge on any atom is -0.508 e. The van der Waals surface area contributed by atoms with Crippen LogP contribution in [0.4, 0.5) is 5.69 Å². The van der Waals surface area contributed by atoms with Gasteiger partial charge in [0.15, 0.2) is 0 Å². The first-order chi connectivity index (χ1) is 8.49. The summed E-state index contributed by atoms with van der Waals surface area (Å²) in [5, 5.41) is 9.13. The third-order valence-corrected chi connectivity index (χ3v) is 4.95. The van der Waals surface area contributed by atoms with Crippen LogP contribution < -0.4 is 4.72 Å². The molecule has 100 valence electrons. The summed E-state index contributed by atoms with van der Waals surface area (Å²) >= 11 is 0. The van der Waals surface area contributed by atoms with Crippen molar-refractivity contribution >= 4 is 15.7 Å². The first-order valence-electron chi connectivity index (χ1n) is 5.88. The molecule has 1 aliphatic rings. The Morgan fingerprint density at radius 2 is 2.00 bits per heavy atom. The molecule has 1 fully saturated rings. The lowest BCUT2D eigenvalue weighted by molar-refractivity contribution is 0.0984. The van der Waals surface area contributed by atoms with Crippen LogP contribution in [-0.4, -0.2) is 32.0 Å². The molecule has 5 nitrogen and oxygen atoms in total. The number of aryl methyl sites for hydroxylation is 1. The molecule has 0 aromatic heterocycles. The van der Waals surface area contributed by atoms with E-state index in [0.29, 0.717) is 37.3 Å². The van der Waals surface area contributed by atoms with Crippen LogP contribution in [0.3, 0.4) is 0 Å². The van der Waals surface area contributed by atoms with Crippen LogP contribution in [0.25, 0.3) is 0 Å². The third kappa shape index (κ3) is 2.94. The molecular formula is C12H17NO4S. The number of rotatable bonds is 3. The molecule has 1 aliphatic heterocycles. The van der Waals surface area contributed by atoms with Crippen LogP contribution in [0.2, 0.25) is 0 Å². The number of nitrogens with one attached hydrogen (secondary N) is 1. The summed E-state index contributed by atoms with van der Waals surface area (Å²) in [4.78, 5) is 0. The second-order valence-corrected chi connectivity index (χ2v) is 6.42. The highest BCUT2D eigenvalue weighted by atomic mass is 32.2. The molecule has 0 amide bonds. The summed E-state index contributed by atoms with van der Waals surface area (Å²) in [5.74, 6) is 0.0853. The maximum absolute atomic E-state index is 12.1. The second-order valence-electron chi connectivity index (χ2n) is 4.46. The van der Waals surface area contributed by atoms with E-state index >= 15 is 0 Å². The van der Waals surface area contributed by atoms with E-state index < -0.39 is 15.3 Å². The molecule has 1 saturated heterocycles. The predicted octanol–water partition coefficient (Wildman–Crippen LogP) is 1.62. The van der Waals surface area contributed by atoms with Crippen LogP contribution >= 0.6 is 0 Å². The predicted molar refractivity (Wildman–Crippen MR) is 69.2 cm³/mol. The van der Waals surface area contributed by atoms with E-state index in [1.165, 1.54) is 6.07 Å². The Labute approximate surface area is 107 Å². The van der Waals surface area contributed by atoms with Gasteiger partial charge in [0.25, 0.3) is 0 Å². The first-order valence-corrected chi connectivity index (χ1v) is 7.42. The van der Waals surface area contributed by atoms with Gasteiger partial charge in [-0.1, -0.05) is 6.07 Å². The summed E-state index contributed by atoms with van der Waals surface area (Å²) in [6.07, 6.45) is 1.01. The fourth-order valence-electron chi connectivity index (χ4n) is 1.91. The van der Waals surface area contributed by atoms with E-state index in [9.17, 15) is 13.5 Å². The van der Waals surface area contributed by atoms with Crippen molar-refractivity contribution in [3.8, 4) is 5.75 Å². The molecule has 2 rings (SSSR count). The van der Waals surface area contributed by atoms with Gasteiger partial charge in [0.1, 0.15) is 5.75 Å². The molecule has 0 radical (unpaired) electrons. The van der Waals surface area contributed by atoms with E-state index in [1.54, 1.807) is 19.1 Å². The van der Waals surface area contributed by atoms with Crippen LogP contribution in [0.15, 0.2) is 18.2 Å². The molecule has 0 atom stereocenters. The van der Waals surface area contributed by atoms with E-state index in [4.69, 9.17) is 4.74 Å². The van der Waals surface area contributed by atoms with Crippen molar-refractivity contribution in [3.63, 3.8) is 0 Å². The monoisotopic (exact) mass is 271 g/mol. The molecule has 1 heterocycles. The fourth-order valence-corrected chi connectivity index (χ4v) is 3.34. The molecule has 0 aliphatic carbocycles. The molecule has 18 heavy (non-hydrogen) atoms. The summed E-state index contributed by atoms with van der Waals surface area (Å²) < 4.78 is 31.9. The number of aromatic hydroxyl groups is 1. The Morgan fingerprint density at radius 3 is 2.61 bits per heavy atom. The van der Waals surface area contributed by atoms with Gasteiger partial charge in [-0.05, 0) is 31.4 Å². The van der Waals surface area contributed by atoms with Crippen LogP contribution in [-0.2, 0) is 14.8 Å². The van der Waals surface area contributed by atoms with Crippen molar-refractivity contribution in [1.82, 2.24) is 0 Å². The Morgan fingerprint density at radius 1 is 1.33 bits per heavy atom. The average Bonchev–Trinajstić information content (AvgIpc) is 2.35. The van der Waals surface area contributed by atoms with Gasteiger partial charge >= 0.3 is 0 Å². The fraction of sp³-hybridized carbons (Fsp3) is 0.500. The SMILES string of the molecule is Cc1ccc(NS(=O)(=O)C2CCOCC2)cc1O. The third-order valence-electron chi connectivity index (χ3n) is 3.08. The van der Waals surface area contributed by atoms with Crippen LogP contribution in [0.1, 0.15) is 18.4 Å². The minimum atomic E-state index is -3.41. The largest absolute Gasteiger partial charge is 0.508 e. The smallest absolute Gasteiger partial charge is 0.235 e. The maximum atomic E-state index is 12.1. The number of benzene rings is 1. The Kier molecular flexibility index (Phi) is 3.77. The zero-order valence-corrected chi connectivity index (χ0v) is 11.0. The summed E-state index contributed by atoms with van der Waals surface area (Å²) in [6.45, 7) is 2.71. The van der Waals surface area contributed by atoms with E-state index in [-0.39, 0.29) is 5.75 Å². The van der Waals surface area contributed by atoms with Gasteiger partial charge < -0.3 is 9.84 Å². The van der Waals surface area contributed by atoms with Gasteiger partial charge in [0, 0.05) is 19.3 Å². The number of sulfonamides is 1. The molecule has 6 heteroatoms. The Hall–Kier alpha value is -1.27. The molecule has 2 N–H and O–H groups in total. The number of anilines is 1. The Bertz CT molecular complexity index is 521. The number of ether oxygens (including phenoxy) is 1. The molecule has 1 aromatic carbocycles. The van der Waals surface area contributed by atoms with Crippen molar-refractivity contribution in [3.05, 3.63) is 23.8 Å². The molecule has 1 aromatic rings. The Balaban J connectivity index is 2.13. The van der Waals surface area contributed by atoms with Gasteiger partial charge in [0.05, 0.1) is 10.9 Å². The highest BCUT2D eigenvalue weighted by Gasteiger charge is 2.27. The zero-order chi connectivity index (χ0) is 13.2. The number of hydrogen-bond donors (Lipinski definition) is 2. The average molecular weight is 271 g/mol. The quantitative estimate of drug-likeness (QED) is 0.876. The molecular weight excluding hydrogens is 254 g/mol. The lowest BCUT2D eigenvalue weighted by Crippen LogP contribution is -2.33. The molecule has 0 unspecified atom stereocenters. The lowest BCUT2D eigenvalue weighted by atomic mass is 10.2. The molecule has 0 saturated carbocycles. The van der Waals surface area contributed by atoms with E-state index in [0.717, 1.165) is 0 Å². The lowest BCUT2D eigenvalue weighted by Gasteiger charge is -2.22. The van der Waals surface area contributed by atoms with Gasteiger partial charge in [-0.3, -0.25) is 4.72 Å². The van der Waals surface area contributed by atoms with E-state index in [2.05, 4.69) is 4.72 Å². The highest BCUT2D eigenvalue weighted by molar-refractivity contribution is 7.93. The highest BCUT2D eigenvalue weighted by Crippen LogP contribution is 2.24. The summed E-state index contributed by atoms with van der Waals surface area (Å²) in [5.41, 5.74) is 1.11. The first kappa shape index (κ1) is 13.2. The van der Waals surface area contributed by atoms with Crippen LogP contribution in [0.5, 0.6) is 5.75 Å². The normalized spacial score (nSPS) is 17.6. The van der Waals surface area contributed by atoms with Crippen molar-refractivity contribution in [2.24, 2.45) is 0 Å². The number of hydrogen-bond acceptors (Lipinski definition) is 4. The van der Waals surface area contributed by atoms with Gasteiger partial charge in [0.2, 0.25) is 10.0 Å². The zero-order valence-electron chi connectivity index (χ0n) is 10.2. The van der Waals surface area contributed by atoms with Crippen molar-refractivity contribution < 1.29 is 18.3 Å². The van der Waals surface area contributed by atoms with Gasteiger partial charge in [-0.2, -0.15) is 0 Å². The van der Waals surface area contributed by atoms with Crippen molar-refractivity contribution in [2.45, 2.75) is 25.0 Å². The second kappa shape index (κ2) is 5.16. The maximum Gasteiger partial charge on any atom is 0.235 e. The molecule has 0 bridgehead atoms. The number of phenols is 1. The van der Waals surface area contributed by atoms with Crippen molar-refractivity contribution in [1.29, 1.82) is 0 Å². The summed E-state index contributed by atoms with van der Waals surface area (Å²) in [7, 11) is -3.41. The van der Waals surface area contributed by atoms with Crippen LogP contribution in [0, 0.1) is 6.92 Å². The van der Waals surface area contributed by atoms with Crippen molar-refractivity contribution in [2.75, 3.05) is 17.9 Å². The standard InChI is InChI=1S/C12H17NO4S/c1-9-2-3-10(8-12(9)14)13-18(15,16)11-4-6-17-7-5-11/h2-3,8,11,13-14H,4-7H2,1H3. The summed E-state index contributed by atoms with van der Waals surface area (Å²) in [6, 6.07) is 4.75. The van der Waals surface area contributed by atoms with E-state index in [1.807, 2.05) is 0 Å². The minimum absolute atomic E-state index is 0.0853. The van der Waals surface area contributed by atoms with Gasteiger partial charge in [-0.15, -0.1) is 0 Å². The topological polar surface area (TPSA) is 75.6 Å². The molecule has 0 spiro atoms.